The van der Waals surface area contributed by atoms with E-state index in [9.17, 15) is 0 Å². The van der Waals surface area contributed by atoms with Crippen molar-refractivity contribution in [3.63, 3.8) is 0 Å². The second-order valence-electron chi connectivity index (χ2n) is 6.42. The molecule has 0 saturated heterocycles. The van der Waals surface area contributed by atoms with Gasteiger partial charge in [0.15, 0.2) is 0 Å². The van der Waals surface area contributed by atoms with Gasteiger partial charge in [-0.25, -0.2) is 0 Å². The Labute approximate surface area is 123 Å². The fraction of sp³-hybridized carbons (Fsp3) is 0.400. The highest BCUT2D eigenvalue weighted by atomic mass is 14.2. The Morgan fingerprint density at radius 3 is 1.70 bits per heavy atom. The summed E-state index contributed by atoms with van der Waals surface area (Å²) in [5, 5.41) is 0. The second kappa shape index (κ2) is 5.83. The number of rotatable bonds is 3. The van der Waals surface area contributed by atoms with Crippen LogP contribution in [-0.2, 0) is 0 Å². The quantitative estimate of drug-likeness (QED) is 0.619. The van der Waals surface area contributed by atoms with Gasteiger partial charge in [0.1, 0.15) is 0 Å². The van der Waals surface area contributed by atoms with Gasteiger partial charge in [-0.15, -0.1) is 0 Å². The predicted molar refractivity (Wildman–Crippen MR) is 89.5 cm³/mol. The van der Waals surface area contributed by atoms with Gasteiger partial charge in [0.05, 0.1) is 0 Å². The van der Waals surface area contributed by atoms with E-state index in [1.807, 2.05) is 0 Å². The SMILES string of the molecule is Cc1ccc(-c2c(C(C)C)cccc2C(C)C)cc1C. The zero-order chi connectivity index (χ0) is 14.9. The molecule has 2 aromatic carbocycles. The summed E-state index contributed by atoms with van der Waals surface area (Å²) in [5.74, 6) is 1.09. The molecule has 2 rings (SSSR count). The van der Waals surface area contributed by atoms with E-state index in [1.54, 1.807) is 0 Å². The third-order valence-electron chi connectivity index (χ3n) is 4.17. The molecule has 0 saturated carbocycles. The molecule has 0 spiro atoms. The van der Waals surface area contributed by atoms with Crippen LogP contribution in [0.5, 0.6) is 0 Å². The van der Waals surface area contributed by atoms with Crippen LogP contribution in [0.25, 0.3) is 11.1 Å². The van der Waals surface area contributed by atoms with E-state index in [4.69, 9.17) is 0 Å². The van der Waals surface area contributed by atoms with E-state index in [2.05, 4.69) is 77.9 Å². The minimum atomic E-state index is 0.547. The molecular weight excluding hydrogens is 240 g/mol. The van der Waals surface area contributed by atoms with Crippen LogP contribution in [0.3, 0.4) is 0 Å². The molecule has 0 nitrogen and oxygen atoms in total. The van der Waals surface area contributed by atoms with Crippen LogP contribution >= 0.6 is 0 Å². The summed E-state index contributed by atoms with van der Waals surface area (Å²) in [4.78, 5) is 0. The van der Waals surface area contributed by atoms with Crippen LogP contribution in [-0.4, -0.2) is 0 Å². The average Bonchev–Trinajstić information content (AvgIpc) is 2.41. The summed E-state index contributed by atoms with van der Waals surface area (Å²) in [6.45, 7) is 13.5. The van der Waals surface area contributed by atoms with Crippen molar-refractivity contribution < 1.29 is 0 Å². The monoisotopic (exact) mass is 266 g/mol. The van der Waals surface area contributed by atoms with E-state index >= 15 is 0 Å². The van der Waals surface area contributed by atoms with Crippen molar-refractivity contribution in [2.24, 2.45) is 0 Å². The molecule has 0 fully saturated rings. The fourth-order valence-electron chi connectivity index (χ4n) is 2.78. The highest BCUT2D eigenvalue weighted by molar-refractivity contribution is 5.73. The van der Waals surface area contributed by atoms with Gasteiger partial charge in [0, 0.05) is 0 Å². The Hall–Kier alpha value is -1.56. The molecular formula is C20H26. The highest BCUT2D eigenvalue weighted by Gasteiger charge is 2.15. The van der Waals surface area contributed by atoms with Crippen LogP contribution in [0.4, 0.5) is 0 Å². The molecule has 0 amide bonds. The molecule has 0 radical (unpaired) electrons. The van der Waals surface area contributed by atoms with Crippen LogP contribution < -0.4 is 0 Å². The Morgan fingerprint density at radius 2 is 1.25 bits per heavy atom. The first-order valence-electron chi connectivity index (χ1n) is 7.62. The molecule has 0 unspecified atom stereocenters. The Kier molecular flexibility index (Phi) is 4.32. The highest BCUT2D eigenvalue weighted by Crippen LogP contribution is 2.36. The van der Waals surface area contributed by atoms with Crippen molar-refractivity contribution in [3.8, 4) is 11.1 Å². The zero-order valence-corrected chi connectivity index (χ0v) is 13.6. The van der Waals surface area contributed by atoms with Gasteiger partial charge in [-0.2, -0.15) is 0 Å². The summed E-state index contributed by atoms with van der Waals surface area (Å²) >= 11 is 0. The maximum absolute atomic E-state index is 2.34. The molecule has 0 aromatic heterocycles. The van der Waals surface area contributed by atoms with E-state index in [0.29, 0.717) is 11.8 Å². The topological polar surface area (TPSA) is 0 Å². The summed E-state index contributed by atoms with van der Waals surface area (Å²) < 4.78 is 0. The molecule has 0 aliphatic heterocycles. The van der Waals surface area contributed by atoms with Crippen molar-refractivity contribution >= 4 is 0 Å². The summed E-state index contributed by atoms with van der Waals surface area (Å²) in [6, 6.07) is 13.6. The Balaban J connectivity index is 2.72. The molecule has 0 N–H and O–H groups in total. The van der Waals surface area contributed by atoms with Crippen molar-refractivity contribution in [2.45, 2.75) is 53.4 Å². The first kappa shape index (κ1) is 14.8. The summed E-state index contributed by atoms with van der Waals surface area (Å²) in [5.41, 5.74) is 8.46. The van der Waals surface area contributed by atoms with E-state index in [0.717, 1.165) is 0 Å². The van der Waals surface area contributed by atoms with E-state index in [1.165, 1.54) is 33.4 Å². The molecule has 0 bridgehead atoms. The standard InChI is InChI=1S/C20H26/c1-13(2)18-8-7-9-19(14(3)4)20(18)17-11-10-15(5)16(6)12-17/h7-14H,1-6H3. The number of benzene rings is 2. The second-order valence-corrected chi connectivity index (χ2v) is 6.42. The van der Waals surface area contributed by atoms with Gasteiger partial charge in [-0.1, -0.05) is 64.1 Å². The normalized spacial score (nSPS) is 11.4. The lowest BCUT2D eigenvalue weighted by Crippen LogP contribution is -2.00. The van der Waals surface area contributed by atoms with Crippen molar-refractivity contribution in [3.05, 3.63) is 58.7 Å². The zero-order valence-electron chi connectivity index (χ0n) is 13.6. The molecule has 0 aliphatic rings. The Morgan fingerprint density at radius 1 is 0.700 bits per heavy atom. The lowest BCUT2D eigenvalue weighted by molar-refractivity contribution is 0.838. The molecule has 0 heteroatoms. The van der Waals surface area contributed by atoms with Crippen molar-refractivity contribution in [1.82, 2.24) is 0 Å². The molecule has 2 aromatic rings. The first-order valence-corrected chi connectivity index (χ1v) is 7.62. The molecule has 0 aliphatic carbocycles. The van der Waals surface area contributed by atoms with Crippen LogP contribution in [0.2, 0.25) is 0 Å². The van der Waals surface area contributed by atoms with E-state index in [-0.39, 0.29) is 0 Å². The smallest absolute Gasteiger partial charge is 0.0114 e. The molecule has 0 heterocycles. The van der Waals surface area contributed by atoms with E-state index < -0.39 is 0 Å². The third kappa shape index (κ3) is 2.80. The van der Waals surface area contributed by atoms with Crippen molar-refractivity contribution in [2.75, 3.05) is 0 Å². The lowest BCUT2D eigenvalue weighted by atomic mass is 9.84. The van der Waals surface area contributed by atoms with Gasteiger partial charge >= 0.3 is 0 Å². The van der Waals surface area contributed by atoms with Gasteiger partial charge in [0.2, 0.25) is 0 Å². The fourth-order valence-corrected chi connectivity index (χ4v) is 2.78. The number of hydrogen-bond donors (Lipinski definition) is 0. The molecule has 0 atom stereocenters. The number of hydrogen-bond acceptors (Lipinski definition) is 0. The Bertz CT molecular complexity index is 577. The summed E-state index contributed by atoms with van der Waals surface area (Å²) in [6.07, 6.45) is 0. The van der Waals surface area contributed by atoms with Crippen molar-refractivity contribution in [1.29, 1.82) is 0 Å². The maximum atomic E-state index is 2.34. The number of aryl methyl sites for hydroxylation is 2. The first-order chi connectivity index (χ1) is 9.41. The molecule has 106 valence electrons. The largest absolute Gasteiger partial charge is 0.0617 e. The molecule has 20 heavy (non-hydrogen) atoms. The third-order valence-corrected chi connectivity index (χ3v) is 4.17. The van der Waals surface area contributed by atoms with Gasteiger partial charge in [0.25, 0.3) is 0 Å². The van der Waals surface area contributed by atoms with Gasteiger partial charge in [-0.3, -0.25) is 0 Å². The van der Waals surface area contributed by atoms with Crippen LogP contribution in [0, 0.1) is 13.8 Å². The summed E-state index contributed by atoms with van der Waals surface area (Å²) in [7, 11) is 0. The van der Waals surface area contributed by atoms with Gasteiger partial charge < -0.3 is 0 Å². The minimum Gasteiger partial charge on any atom is -0.0617 e. The van der Waals surface area contributed by atoms with Gasteiger partial charge in [-0.05, 0) is 59.1 Å². The lowest BCUT2D eigenvalue weighted by Gasteiger charge is -2.20. The minimum absolute atomic E-state index is 0.547. The average molecular weight is 266 g/mol. The predicted octanol–water partition coefficient (Wildman–Crippen LogP) is 6.22. The van der Waals surface area contributed by atoms with Crippen LogP contribution in [0.1, 0.15) is 61.8 Å². The maximum Gasteiger partial charge on any atom is -0.0114 e. The van der Waals surface area contributed by atoms with Crippen LogP contribution in [0.15, 0.2) is 36.4 Å².